The fraction of sp³-hybridized carbons (Fsp3) is 0.500. The van der Waals surface area contributed by atoms with E-state index in [9.17, 15) is 38.7 Å². The minimum absolute atomic E-state index is 0.00494. The highest BCUT2D eigenvalue weighted by Gasteiger charge is 2.42. The van der Waals surface area contributed by atoms with Gasteiger partial charge in [0, 0.05) is 39.9 Å². The van der Waals surface area contributed by atoms with Gasteiger partial charge < -0.3 is 41.5 Å². The third-order valence-corrected chi connectivity index (χ3v) is 11.7. The van der Waals surface area contributed by atoms with Crippen molar-refractivity contribution in [1.29, 1.82) is 0 Å². The lowest BCUT2D eigenvalue weighted by Gasteiger charge is -2.34. The van der Waals surface area contributed by atoms with E-state index in [0.717, 1.165) is 16.7 Å². The molecule has 6 atom stereocenters. The molecule has 1 aliphatic rings. The fourth-order valence-electron chi connectivity index (χ4n) is 8.08. The van der Waals surface area contributed by atoms with E-state index in [4.69, 9.17) is 5.73 Å². The highest BCUT2D eigenvalue weighted by atomic mass is 16.4. The van der Waals surface area contributed by atoms with Gasteiger partial charge in [-0.2, -0.15) is 0 Å². The Kier molecular flexibility index (Phi) is 18.8. The van der Waals surface area contributed by atoms with Gasteiger partial charge in [-0.1, -0.05) is 119 Å². The maximum Gasteiger partial charge on any atom is 0.326 e. The Morgan fingerprint density at radius 3 is 1.62 bits per heavy atom. The van der Waals surface area contributed by atoms with E-state index in [1.54, 1.807) is 0 Å². The number of nitrogens with one attached hydrogen (secondary N) is 3. The molecule has 4 rings (SSSR count). The number of likely N-dealkylation sites (N-methyl/N-ethyl adjacent to an activating group) is 2. The van der Waals surface area contributed by atoms with Gasteiger partial charge in [0.2, 0.25) is 35.4 Å². The molecule has 0 radical (unpaired) electrons. The average molecular weight is 896 g/mol. The van der Waals surface area contributed by atoms with Crippen LogP contribution in [0.2, 0.25) is 0 Å². The van der Waals surface area contributed by atoms with Crippen LogP contribution in [0.3, 0.4) is 0 Å². The van der Waals surface area contributed by atoms with Crippen molar-refractivity contribution in [2.24, 2.45) is 17.6 Å². The number of amides is 6. The summed E-state index contributed by atoms with van der Waals surface area (Å²) in [5, 5.41) is 18.6. The first-order valence-electron chi connectivity index (χ1n) is 22.6. The van der Waals surface area contributed by atoms with Gasteiger partial charge >= 0.3 is 5.97 Å². The quantitative estimate of drug-likeness (QED) is 0.0994. The summed E-state index contributed by atoms with van der Waals surface area (Å²) in [7, 11) is 2.94. The molecule has 6 N–H and O–H groups in total. The summed E-state index contributed by atoms with van der Waals surface area (Å²) in [5.41, 5.74) is 7.07. The molecule has 0 bridgehead atoms. The monoisotopic (exact) mass is 896 g/mol. The van der Waals surface area contributed by atoms with Crippen LogP contribution in [0, 0.1) is 11.8 Å². The van der Waals surface area contributed by atoms with Crippen molar-refractivity contribution in [3.05, 3.63) is 108 Å². The molecule has 0 saturated carbocycles. The molecule has 15 nitrogen and oxygen atoms in total. The van der Waals surface area contributed by atoms with Gasteiger partial charge in [-0.05, 0) is 68.1 Å². The Morgan fingerprint density at radius 2 is 1.14 bits per heavy atom. The van der Waals surface area contributed by atoms with E-state index in [-0.39, 0.29) is 50.5 Å². The number of carboxylic acid groups (broad SMARTS) is 1. The lowest BCUT2D eigenvalue weighted by Crippen LogP contribution is -2.61. The van der Waals surface area contributed by atoms with Crippen LogP contribution in [0.15, 0.2) is 91.0 Å². The summed E-state index contributed by atoms with van der Waals surface area (Å²) in [4.78, 5) is 102. The van der Waals surface area contributed by atoms with Crippen molar-refractivity contribution in [3.63, 3.8) is 0 Å². The van der Waals surface area contributed by atoms with E-state index in [1.807, 2.05) is 119 Å². The molecule has 3 aromatic carbocycles. The first-order valence-corrected chi connectivity index (χ1v) is 22.6. The largest absolute Gasteiger partial charge is 0.480 e. The number of aliphatic carboxylic acids is 1. The van der Waals surface area contributed by atoms with Gasteiger partial charge in [0.1, 0.15) is 36.3 Å². The molecule has 0 spiro atoms. The molecule has 0 aromatic heterocycles. The second-order valence-electron chi connectivity index (χ2n) is 18.7. The maximum absolute atomic E-state index is 14.8. The molecular weight excluding hydrogens is 827 g/mol. The molecule has 15 heteroatoms. The van der Waals surface area contributed by atoms with E-state index >= 15 is 0 Å². The van der Waals surface area contributed by atoms with Crippen LogP contribution in [0.4, 0.5) is 0 Å². The standard InChI is InChI=1S/C50H69N7O8/c1-32(2)27-38(46(61)57-26-18-25-40(57)47(62)56(8)42(48(63)64)28-33(3)4)53-43(58)37(29-34-19-12-9-13-20-34)52-44(59)41(31-36-23-16-11-17-24-36)55(7)45(60)39(54-49(65)50(5,6)51)30-35-21-14-10-15-22-35/h9-17,19-24,32-33,37-42H,18,25-31,51H2,1-8H3,(H,52,59)(H,53,58)(H,54,65)(H,63,64)/t37-,38-,39-,40-,41-,42-/m0/s1. The van der Waals surface area contributed by atoms with E-state index in [0.29, 0.717) is 12.8 Å². The Morgan fingerprint density at radius 1 is 0.662 bits per heavy atom. The zero-order valence-electron chi connectivity index (χ0n) is 39.2. The highest BCUT2D eigenvalue weighted by molar-refractivity contribution is 5.97. The van der Waals surface area contributed by atoms with Crippen molar-refractivity contribution in [2.45, 2.75) is 128 Å². The molecule has 0 unspecified atom stereocenters. The van der Waals surface area contributed by atoms with Crippen LogP contribution in [0.5, 0.6) is 0 Å². The van der Waals surface area contributed by atoms with Crippen LogP contribution in [0.25, 0.3) is 0 Å². The summed E-state index contributed by atoms with van der Waals surface area (Å²) in [6.07, 6.45) is 1.54. The molecule has 1 fully saturated rings. The van der Waals surface area contributed by atoms with E-state index in [2.05, 4.69) is 16.0 Å². The number of nitrogens with zero attached hydrogens (tertiary/aromatic N) is 3. The minimum atomic E-state index is -1.31. The number of benzene rings is 3. The van der Waals surface area contributed by atoms with Crippen molar-refractivity contribution in [2.75, 3.05) is 20.6 Å². The normalized spacial score (nSPS) is 16.2. The van der Waals surface area contributed by atoms with Crippen molar-refractivity contribution in [1.82, 2.24) is 30.7 Å². The average Bonchev–Trinajstić information content (AvgIpc) is 3.76. The van der Waals surface area contributed by atoms with Gasteiger partial charge in [-0.3, -0.25) is 28.8 Å². The second kappa shape index (κ2) is 23.7. The Balaban J connectivity index is 1.67. The van der Waals surface area contributed by atoms with E-state index < -0.39 is 83.2 Å². The predicted molar refractivity (Wildman–Crippen MR) is 249 cm³/mol. The zero-order valence-corrected chi connectivity index (χ0v) is 39.2. The number of carboxylic acids is 1. The number of hydrogen-bond acceptors (Lipinski definition) is 8. The zero-order chi connectivity index (χ0) is 48.0. The molecule has 0 aliphatic carbocycles. The van der Waals surface area contributed by atoms with Crippen LogP contribution >= 0.6 is 0 Å². The summed E-state index contributed by atoms with van der Waals surface area (Å²) in [5.74, 6) is -4.53. The first kappa shape index (κ1) is 51.5. The smallest absolute Gasteiger partial charge is 0.326 e. The number of carbonyl (C=O) groups is 7. The number of hydrogen-bond donors (Lipinski definition) is 5. The SMILES string of the molecule is CC(C)C[C@H](NC(=O)[C@H](Cc1ccccc1)NC(=O)[C@H](Cc1ccccc1)N(C)C(=O)[C@H](Cc1ccccc1)NC(=O)C(C)(C)N)C(=O)N1CCC[C@H]1C(=O)N(C)[C@@H](CC(C)C)C(=O)O. The molecule has 1 saturated heterocycles. The molecule has 352 valence electrons. The Labute approximate surface area is 383 Å². The van der Waals surface area contributed by atoms with Crippen LogP contribution in [0.1, 0.15) is 83.9 Å². The second-order valence-corrected chi connectivity index (χ2v) is 18.7. The summed E-state index contributed by atoms with van der Waals surface area (Å²) < 4.78 is 0. The molecule has 1 aliphatic heterocycles. The molecule has 6 amide bonds. The molecule has 3 aromatic rings. The minimum Gasteiger partial charge on any atom is -0.480 e. The number of nitrogens with two attached hydrogens (primary N) is 1. The summed E-state index contributed by atoms with van der Waals surface area (Å²) in [6.45, 7) is 10.9. The fourth-order valence-corrected chi connectivity index (χ4v) is 8.08. The topological polar surface area (TPSA) is 212 Å². The number of carbonyl (C=O) groups excluding carboxylic acids is 6. The van der Waals surface area contributed by atoms with Crippen molar-refractivity contribution >= 4 is 41.4 Å². The Hall–Kier alpha value is -6.09. The van der Waals surface area contributed by atoms with Gasteiger partial charge in [0.15, 0.2) is 0 Å². The lowest BCUT2D eigenvalue weighted by atomic mass is 9.98. The van der Waals surface area contributed by atoms with Crippen molar-refractivity contribution in [3.8, 4) is 0 Å². The van der Waals surface area contributed by atoms with Gasteiger partial charge in [-0.15, -0.1) is 0 Å². The Bertz CT molecular complexity index is 2080. The van der Waals surface area contributed by atoms with E-state index in [1.165, 1.54) is 42.6 Å². The van der Waals surface area contributed by atoms with Crippen LogP contribution < -0.4 is 21.7 Å². The van der Waals surface area contributed by atoms with Gasteiger partial charge in [0.05, 0.1) is 5.54 Å². The van der Waals surface area contributed by atoms with Crippen molar-refractivity contribution < 1.29 is 38.7 Å². The predicted octanol–water partition coefficient (Wildman–Crippen LogP) is 3.73. The highest BCUT2D eigenvalue weighted by Crippen LogP contribution is 2.24. The van der Waals surface area contributed by atoms with Crippen LogP contribution in [-0.4, -0.2) is 124 Å². The molecule has 65 heavy (non-hydrogen) atoms. The third kappa shape index (κ3) is 15.0. The van der Waals surface area contributed by atoms with Crippen LogP contribution in [-0.2, 0) is 52.8 Å². The maximum atomic E-state index is 14.8. The summed E-state index contributed by atoms with van der Waals surface area (Å²) in [6, 6.07) is 20.8. The molecular formula is C50H69N7O8. The van der Waals surface area contributed by atoms with Gasteiger partial charge in [-0.25, -0.2) is 4.79 Å². The molecule has 1 heterocycles. The first-order chi connectivity index (χ1) is 30.7. The number of rotatable bonds is 22. The summed E-state index contributed by atoms with van der Waals surface area (Å²) >= 11 is 0. The third-order valence-electron chi connectivity index (χ3n) is 11.7. The van der Waals surface area contributed by atoms with Gasteiger partial charge in [0.25, 0.3) is 0 Å². The number of likely N-dealkylation sites (tertiary alicyclic amines) is 1. The lowest BCUT2D eigenvalue weighted by molar-refractivity contribution is -0.153.